The number of hydrogen-bond acceptors (Lipinski definition) is 3. The van der Waals surface area contributed by atoms with Gasteiger partial charge in [0.2, 0.25) is 0 Å². The first-order valence-electron chi connectivity index (χ1n) is 9.87. The molecule has 0 bridgehead atoms. The molecular weight excluding hydrogens is 440 g/mol. The molecule has 0 spiro atoms. The lowest BCUT2D eigenvalue weighted by molar-refractivity contribution is 0.665. The van der Waals surface area contributed by atoms with Crippen molar-refractivity contribution in [2.45, 2.75) is 33.2 Å². The Morgan fingerprint density at radius 1 is 1.20 bits per heavy atom. The molecule has 2 heterocycles. The Hall–Kier alpha value is -2.99. The van der Waals surface area contributed by atoms with Gasteiger partial charge in [0.25, 0.3) is 5.56 Å². The first-order chi connectivity index (χ1) is 14.4. The smallest absolute Gasteiger partial charge is 0.282 e. The third-order valence-electron chi connectivity index (χ3n) is 5.24. The molecule has 0 aliphatic rings. The van der Waals surface area contributed by atoms with Gasteiger partial charge in [-0.25, -0.2) is 4.98 Å². The molecule has 0 saturated carbocycles. The van der Waals surface area contributed by atoms with Crippen LogP contribution in [0.3, 0.4) is 0 Å². The minimum atomic E-state index is -0.172. The van der Waals surface area contributed by atoms with E-state index < -0.39 is 0 Å². The van der Waals surface area contributed by atoms with Crippen molar-refractivity contribution in [2.75, 3.05) is 0 Å². The second kappa shape index (κ2) is 8.03. The predicted octanol–water partition coefficient (Wildman–Crippen LogP) is 5.61. The van der Waals surface area contributed by atoms with E-state index in [9.17, 15) is 4.79 Å². The highest BCUT2D eigenvalue weighted by molar-refractivity contribution is 9.10. The number of hydrogen-bond donors (Lipinski definition) is 0. The molecule has 4 aromatic rings. The summed E-state index contributed by atoms with van der Waals surface area (Å²) in [6, 6.07) is 13.7. The number of fused-ring (bicyclic) bond motifs is 2. The molecule has 0 aliphatic carbocycles. The van der Waals surface area contributed by atoms with Crippen molar-refractivity contribution in [3.05, 3.63) is 87.0 Å². The highest BCUT2D eigenvalue weighted by Gasteiger charge is 2.15. The number of aromatic nitrogens is 3. The topological polar surface area (TPSA) is 52.2 Å². The largest absolute Gasteiger partial charge is 0.340 e. The Kier molecular flexibility index (Phi) is 5.43. The minimum Gasteiger partial charge on any atom is -0.340 e. The average molecular weight is 463 g/mol. The van der Waals surface area contributed by atoms with Crippen LogP contribution in [0.2, 0.25) is 0 Å². The summed E-state index contributed by atoms with van der Waals surface area (Å²) in [5.41, 5.74) is 3.69. The van der Waals surface area contributed by atoms with Crippen LogP contribution in [-0.2, 0) is 6.54 Å². The molecule has 0 radical (unpaired) electrons. The number of rotatable bonds is 5. The lowest BCUT2D eigenvalue weighted by atomic mass is 10.1. The van der Waals surface area contributed by atoms with E-state index >= 15 is 0 Å². The number of benzene rings is 2. The van der Waals surface area contributed by atoms with Crippen molar-refractivity contribution < 1.29 is 0 Å². The van der Waals surface area contributed by atoms with Crippen LogP contribution in [-0.4, -0.2) is 20.4 Å². The lowest BCUT2D eigenvalue weighted by Gasteiger charge is -2.12. The number of halogens is 1. The molecule has 0 saturated heterocycles. The molecule has 2 aromatic heterocycles. The Bertz CT molecular complexity index is 1360. The van der Waals surface area contributed by atoms with Crippen LogP contribution < -0.4 is 5.56 Å². The zero-order valence-corrected chi connectivity index (χ0v) is 18.8. The molecule has 0 fully saturated rings. The molecule has 0 atom stereocenters. The van der Waals surface area contributed by atoms with Crippen LogP contribution in [0.4, 0.5) is 0 Å². The zero-order chi connectivity index (χ0) is 21.4. The van der Waals surface area contributed by atoms with E-state index in [1.54, 1.807) is 12.3 Å². The van der Waals surface area contributed by atoms with Gasteiger partial charge in [0.1, 0.15) is 5.82 Å². The van der Waals surface area contributed by atoms with Gasteiger partial charge >= 0.3 is 0 Å². The van der Waals surface area contributed by atoms with Crippen molar-refractivity contribution in [3.63, 3.8) is 0 Å². The number of allylic oxidation sites excluding steroid dienone is 1. The molecule has 5 nitrogen and oxygen atoms in total. The SMILES string of the molecule is C=CCn1c(C)c(C=Nn2c(C(C)C)nc3ccc(Br)cc3c2=O)c2ccccc21. The average Bonchev–Trinajstić information content (AvgIpc) is 2.99. The van der Waals surface area contributed by atoms with E-state index in [1.165, 1.54) is 4.68 Å². The van der Waals surface area contributed by atoms with Gasteiger partial charge in [0, 0.05) is 39.1 Å². The van der Waals surface area contributed by atoms with Crippen LogP contribution in [0.25, 0.3) is 21.8 Å². The fourth-order valence-electron chi connectivity index (χ4n) is 3.75. The van der Waals surface area contributed by atoms with Crippen LogP contribution in [0.1, 0.15) is 36.8 Å². The van der Waals surface area contributed by atoms with E-state index in [2.05, 4.69) is 51.2 Å². The van der Waals surface area contributed by atoms with Gasteiger partial charge in [0.05, 0.1) is 17.1 Å². The minimum absolute atomic E-state index is 0.0473. The summed E-state index contributed by atoms with van der Waals surface area (Å²) >= 11 is 3.44. The summed E-state index contributed by atoms with van der Waals surface area (Å²) in [6.07, 6.45) is 3.66. The van der Waals surface area contributed by atoms with E-state index in [0.29, 0.717) is 23.3 Å². The lowest BCUT2D eigenvalue weighted by Crippen LogP contribution is -2.23. The fraction of sp³-hybridized carbons (Fsp3) is 0.208. The maximum atomic E-state index is 13.3. The van der Waals surface area contributed by atoms with Crippen LogP contribution in [0.5, 0.6) is 0 Å². The van der Waals surface area contributed by atoms with E-state index in [-0.39, 0.29) is 11.5 Å². The Morgan fingerprint density at radius 3 is 2.70 bits per heavy atom. The van der Waals surface area contributed by atoms with Crippen molar-refractivity contribution >= 4 is 44.0 Å². The summed E-state index contributed by atoms with van der Waals surface area (Å²) < 4.78 is 4.47. The summed E-state index contributed by atoms with van der Waals surface area (Å²) in [6.45, 7) is 10.7. The molecule has 30 heavy (non-hydrogen) atoms. The summed E-state index contributed by atoms with van der Waals surface area (Å²) in [5.74, 6) is 0.685. The Morgan fingerprint density at radius 2 is 1.97 bits per heavy atom. The highest BCUT2D eigenvalue weighted by atomic mass is 79.9. The summed E-state index contributed by atoms with van der Waals surface area (Å²) in [5, 5.41) is 6.26. The molecule has 2 aromatic carbocycles. The third-order valence-corrected chi connectivity index (χ3v) is 5.74. The molecule has 0 aliphatic heterocycles. The molecule has 6 heteroatoms. The molecule has 0 unspecified atom stereocenters. The second-order valence-corrected chi connectivity index (χ2v) is 8.48. The van der Waals surface area contributed by atoms with Gasteiger partial charge in [-0.2, -0.15) is 9.78 Å². The van der Waals surface area contributed by atoms with Gasteiger partial charge in [-0.15, -0.1) is 6.58 Å². The van der Waals surface area contributed by atoms with E-state index in [0.717, 1.165) is 26.6 Å². The molecule has 4 rings (SSSR count). The molecule has 152 valence electrons. The first kappa shape index (κ1) is 20.3. The van der Waals surface area contributed by atoms with Gasteiger partial charge < -0.3 is 4.57 Å². The standard InChI is InChI=1S/C24H23BrN4O/c1-5-12-28-16(4)20(18-8-6-7-9-22(18)28)14-26-29-23(15(2)3)27-21-11-10-17(25)13-19(21)24(29)30/h5-11,13-15H,1,12H2,2-4H3. The third kappa shape index (κ3) is 3.41. The maximum Gasteiger partial charge on any atom is 0.282 e. The molecule has 0 amide bonds. The van der Waals surface area contributed by atoms with Gasteiger partial charge in [-0.1, -0.05) is 54.1 Å². The molecular formula is C24H23BrN4O. The Balaban J connectivity index is 1.94. The zero-order valence-electron chi connectivity index (χ0n) is 17.3. The quantitative estimate of drug-likeness (QED) is 0.285. The van der Waals surface area contributed by atoms with E-state index in [1.807, 2.05) is 44.2 Å². The summed E-state index contributed by atoms with van der Waals surface area (Å²) in [4.78, 5) is 18.0. The van der Waals surface area contributed by atoms with Crippen LogP contribution in [0.15, 0.2) is 69.5 Å². The molecule has 0 N–H and O–H groups in total. The Labute approximate surface area is 183 Å². The van der Waals surface area contributed by atoms with Crippen molar-refractivity contribution in [1.82, 2.24) is 14.2 Å². The monoisotopic (exact) mass is 462 g/mol. The predicted molar refractivity (Wildman–Crippen MR) is 128 cm³/mol. The van der Waals surface area contributed by atoms with Crippen LogP contribution >= 0.6 is 15.9 Å². The van der Waals surface area contributed by atoms with Gasteiger partial charge in [-0.3, -0.25) is 4.79 Å². The van der Waals surface area contributed by atoms with Crippen molar-refractivity contribution in [1.29, 1.82) is 0 Å². The van der Waals surface area contributed by atoms with Gasteiger partial charge in [-0.05, 0) is 31.2 Å². The van der Waals surface area contributed by atoms with Gasteiger partial charge in [0.15, 0.2) is 0 Å². The van der Waals surface area contributed by atoms with Crippen LogP contribution in [0, 0.1) is 6.92 Å². The van der Waals surface area contributed by atoms with Crippen molar-refractivity contribution in [2.24, 2.45) is 5.10 Å². The maximum absolute atomic E-state index is 13.3. The number of nitrogens with zero attached hydrogens (tertiary/aromatic N) is 4. The highest BCUT2D eigenvalue weighted by Crippen LogP contribution is 2.25. The first-order valence-corrected chi connectivity index (χ1v) is 10.7. The summed E-state index contributed by atoms with van der Waals surface area (Å²) in [7, 11) is 0. The van der Waals surface area contributed by atoms with Crippen molar-refractivity contribution in [3.8, 4) is 0 Å². The normalized spacial score (nSPS) is 11.9. The number of para-hydroxylation sites is 1. The second-order valence-electron chi connectivity index (χ2n) is 7.56. The van der Waals surface area contributed by atoms with E-state index in [4.69, 9.17) is 4.98 Å². The fourth-order valence-corrected chi connectivity index (χ4v) is 4.11.